The van der Waals surface area contributed by atoms with E-state index < -0.39 is 0 Å². The molecule has 0 N–H and O–H groups in total. The molecule has 0 unspecified atom stereocenters. The van der Waals surface area contributed by atoms with Crippen molar-refractivity contribution in [2.75, 3.05) is 19.6 Å². The molecule has 0 saturated carbocycles. The molecule has 43 heavy (non-hydrogen) atoms. The van der Waals surface area contributed by atoms with E-state index in [2.05, 4.69) is 123 Å². The third-order valence-electron chi connectivity index (χ3n) is 12.3. The average molecular weight is 603 g/mol. The highest BCUT2D eigenvalue weighted by atomic mass is 15.4. The zero-order chi connectivity index (χ0) is 32.6. The van der Waals surface area contributed by atoms with Crippen molar-refractivity contribution in [1.82, 2.24) is 19.6 Å². The smallest absolute Gasteiger partial charge is 0.0173 e. The zero-order valence-corrected chi connectivity index (χ0v) is 32.1. The minimum absolute atomic E-state index is 0.208. The van der Waals surface area contributed by atoms with Gasteiger partial charge in [0, 0.05) is 51.4 Å². The van der Waals surface area contributed by atoms with Gasteiger partial charge in [-0.15, -0.1) is 0 Å². The molecule has 4 heteroatoms. The number of piperidine rings is 3. The average Bonchev–Trinajstić information content (AvgIpc) is 2.80. The van der Waals surface area contributed by atoms with Gasteiger partial charge in [-0.25, -0.2) is 0 Å². The second kappa shape index (κ2) is 13.5. The van der Waals surface area contributed by atoms with Crippen molar-refractivity contribution >= 4 is 0 Å². The van der Waals surface area contributed by atoms with Crippen LogP contribution in [0.4, 0.5) is 0 Å². The first-order valence-electron chi connectivity index (χ1n) is 18.8. The molecule has 0 aromatic rings. The molecule has 0 aliphatic carbocycles. The highest BCUT2D eigenvalue weighted by molar-refractivity contribution is 5.11. The first-order valence-corrected chi connectivity index (χ1v) is 18.8. The Morgan fingerprint density at radius 1 is 0.395 bits per heavy atom. The normalized spacial score (nSPS) is 28.5. The van der Waals surface area contributed by atoms with E-state index in [1.807, 2.05) is 0 Å². The second-order valence-electron chi connectivity index (χ2n) is 19.0. The van der Waals surface area contributed by atoms with Gasteiger partial charge in [-0.05, 0) is 161 Å². The summed E-state index contributed by atoms with van der Waals surface area (Å²) in [4.78, 5) is 11.9. The van der Waals surface area contributed by atoms with Crippen LogP contribution in [-0.4, -0.2) is 90.6 Å². The van der Waals surface area contributed by atoms with Crippen molar-refractivity contribution in [3.8, 4) is 0 Å². The van der Waals surface area contributed by atoms with Gasteiger partial charge >= 0.3 is 0 Å². The number of unbranched alkanes of at least 4 members (excludes halogenated alkanes) is 3. The Balaban J connectivity index is 2.06. The highest BCUT2D eigenvalue weighted by Gasteiger charge is 2.55. The fourth-order valence-electron chi connectivity index (χ4n) is 11.1. The molecule has 3 saturated heterocycles. The van der Waals surface area contributed by atoms with Crippen molar-refractivity contribution in [3.63, 3.8) is 0 Å². The van der Waals surface area contributed by atoms with Crippen LogP contribution in [0.5, 0.6) is 0 Å². The van der Waals surface area contributed by atoms with Gasteiger partial charge in [-0.1, -0.05) is 40.0 Å². The van der Waals surface area contributed by atoms with E-state index in [9.17, 15) is 0 Å². The molecule has 3 rings (SSSR count). The minimum Gasteiger partial charge on any atom is -0.294 e. The summed E-state index contributed by atoms with van der Waals surface area (Å²) in [7, 11) is 0. The molecule has 3 fully saturated rings. The summed E-state index contributed by atoms with van der Waals surface area (Å²) in [5.74, 6) is 0. The van der Waals surface area contributed by atoms with Crippen molar-refractivity contribution in [2.24, 2.45) is 0 Å². The summed E-state index contributed by atoms with van der Waals surface area (Å²) in [6.07, 6.45) is 15.5. The van der Waals surface area contributed by atoms with Gasteiger partial charge in [0.05, 0.1) is 0 Å². The largest absolute Gasteiger partial charge is 0.294 e. The molecule has 4 nitrogen and oxygen atoms in total. The van der Waals surface area contributed by atoms with Gasteiger partial charge < -0.3 is 0 Å². The van der Waals surface area contributed by atoms with Crippen LogP contribution < -0.4 is 0 Å². The van der Waals surface area contributed by atoms with Crippen LogP contribution in [0.3, 0.4) is 0 Å². The van der Waals surface area contributed by atoms with Crippen molar-refractivity contribution < 1.29 is 0 Å². The molecule has 0 atom stereocenters. The topological polar surface area (TPSA) is 13.0 Å². The quantitative estimate of drug-likeness (QED) is 0.220. The van der Waals surface area contributed by atoms with Gasteiger partial charge in [0.2, 0.25) is 0 Å². The van der Waals surface area contributed by atoms with Crippen molar-refractivity contribution in [3.05, 3.63) is 0 Å². The van der Waals surface area contributed by atoms with E-state index in [4.69, 9.17) is 0 Å². The summed E-state index contributed by atoms with van der Waals surface area (Å²) in [6.45, 7) is 41.5. The van der Waals surface area contributed by atoms with Crippen LogP contribution in [0.15, 0.2) is 0 Å². The highest BCUT2D eigenvalue weighted by Crippen LogP contribution is 2.49. The molecule has 254 valence electrons. The van der Waals surface area contributed by atoms with E-state index in [0.717, 1.165) is 0 Å². The summed E-state index contributed by atoms with van der Waals surface area (Å²) < 4.78 is 0. The lowest BCUT2D eigenvalue weighted by atomic mass is 9.69. The predicted octanol–water partition coefficient (Wildman–Crippen LogP) is 9.75. The molecule has 0 spiro atoms. The fraction of sp³-hybridized carbons (Fsp3) is 1.00. The molecule has 3 heterocycles. The SMILES string of the molecule is CCCCN1C(C)(C)CC(N(C2CC(C)(C)N(CCCC)C(C)(C)C2)C2CC(C)(C)N(CCCC)C(C)(C)C2)CC1(C)C. The van der Waals surface area contributed by atoms with Gasteiger partial charge in [0.25, 0.3) is 0 Å². The van der Waals surface area contributed by atoms with Crippen LogP contribution in [-0.2, 0) is 0 Å². The first-order chi connectivity index (χ1) is 19.6. The number of rotatable bonds is 12. The van der Waals surface area contributed by atoms with E-state index in [1.165, 1.54) is 96.7 Å². The van der Waals surface area contributed by atoms with E-state index in [-0.39, 0.29) is 33.2 Å². The number of hydrogen-bond acceptors (Lipinski definition) is 4. The van der Waals surface area contributed by atoms with Crippen molar-refractivity contribution in [2.45, 2.75) is 232 Å². The Morgan fingerprint density at radius 2 is 0.581 bits per heavy atom. The Kier molecular flexibility index (Phi) is 11.7. The molecular formula is C39H78N4. The molecule has 0 aromatic carbocycles. The first kappa shape index (κ1) is 37.3. The summed E-state index contributed by atoms with van der Waals surface area (Å²) in [5, 5.41) is 0. The summed E-state index contributed by atoms with van der Waals surface area (Å²) in [6, 6.07) is 1.88. The van der Waals surface area contributed by atoms with Crippen LogP contribution >= 0.6 is 0 Å². The van der Waals surface area contributed by atoms with Gasteiger partial charge in [0.1, 0.15) is 0 Å². The maximum absolute atomic E-state index is 3.21. The Hall–Kier alpha value is -0.160. The van der Waals surface area contributed by atoms with E-state index in [1.54, 1.807) is 0 Å². The lowest BCUT2D eigenvalue weighted by Gasteiger charge is -2.65. The lowest BCUT2D eigenvalue weighted by Crippen LogP contribution is -2.72. The third-order valence-corrected chi connectivity index (χ3v) is 12.3. The van der Waals surface area contributed by atoms with Gasteiger partial charge in [0.15, 0.2) is 0 Å². The van der Waals surface area contributed by atoms with Gasteiger partial charge in [-0.3, -0.25) is 19.6 Å². The molecule has 3 aliphatic heterocycles. The predicted molar refractivity (Wildman–Crippen MR) is 190 cm³/mol. The minimum atomic E-state index is 0.208. The molecule has 0 amide bonds. The summed E-state index contributed by atoms with van der Waals surface area (Å²) >= 11 is 0. The summed E-state index contributed by atoms with van der Waals surface area (Å²) in [5.41, 5.74) is 1.25. The molecule has 0 aromatic heterocycles. The molecule has 0 radical (unpaired) electrons. The second-order valence-corrected chi connectivity index (χ2v) is 19.0. The van der Waals surface area contributed by atoms with Crippen LogP contribution in [0.1, 0.15) is 181 Å². The number of nitrogens with zero attached hydrogens (tertiary/aromatic N) is 4. The standard InChI is InChI=1S/C39H78N4/c1-16-19-22-40-34(4,5)25-31(26-35(40,6)7)43(32-27-36(8,9)41(23-20-17-2)37(10,11)28-32)33-29-38(12,13)42(24-21-18-3)39(14,15)30-33/h31-33H,16-30H2,1-15H3. The van der Waals surface area contributed by atoms with Crippen molar-refractivity contribution in [1.29, 1.82) is 0 Å². The van der Waals surface area contributed by atoms with Gasteiger partial charge in [-0.2, -0.15) is 0 Å². The Labute approximate surface area is 271 Å². The Bertz CT molecular complexity index is 716. The maximum atomic E-state index is 3.21. The molecular weight excluding hydrogens is 524 g/mol. The van der Waals surface area contributed by atoms with E-state index in [0.29, 0.717) is 18.1 Å². The van der Waals surface area contributed by atoms with E-state index >= 15 is 0 Å². The lowest BCUT2D eigenvalue weighted by molar-refractivity contribution is -0.142. The molecule has 0 bridgehead atoms. The Morgan fingerprint density at radius 3 is 0.744 bits per heavy atom. The van der Waals surface area contributed by atoms with Crippen LogP contribution in [0.2, 0.25) is 0 Å². The fourth-order valence-corrected chi connectivity index (χ4v) is 11.1. The third kappa shape index (κ3) is 8.23. The number of hydrogen-bond donors (Lipinski definition) is 0. The molecule has 3 aliphatic rings. The monoisotopic (exact) mass is 603 g/mol. The maximum Gasteiger partial charge on any atom is 0.0173 e. The zero-order valence-electron chi connectivity index (χ0n) is 32.1. The van der Waals surface area contributed by atoms with Crippen LogP contribution in [0.25, 0.3) is 0 Å². The number of likely N-dealkylation sites (tertiary alicyclic amines) is 3. The van der Waals surface area contributed by atoms with Crippen LogP contribution in [0, 0.1) is 0 Å².